The van der Waals surface area contributed by atoms with Gasteiger partial charge in [-0.15, -0.1) is 13.2 Å². The molecule has 1 aliphatic heterocycles. The SMILES string of the molecule is C=C.CC.Cn1cc(-c2cc(N)ccc2Oc2ccc(F)cc2F)c2c(c1=O)NC(=O)CO2. The highest BCUT2D eigenvalue weighted by Gasteiger charge is 2.26. The Kier molecular flexibility index (Phi) is 8.33. The second-order valence-corrected chi connectivity index (χ2v) is 6.43. The number of nitrogen functional groups attached to an aromatic ring is 1. The van der Waals surface area contributed by atoms with Crippen molar-refractivity contribution in [1.29, 1.82) is 0 Å². The molecule has 4 rings (SSSR count). The highest BCUT2D eigenvalue weighted by Crippen LogP contribution is 2.42. The van der Waals surface area contributed by atoms with Crippen LogP contribution in [0.5, 0.6) is 17.2 Å². The molecule has 0 bridgehead atoms. The van der Waals surface area contributed by atoms with Crippen molar-refractivity contribution in [2.24, 2.45) is 7.05 Å². The summed E-state index contributed by atoms with van der Waals surface area (Å²) in [5, 5.41) is 2.51. The molecule has 9 heteroatoms. The molecule has 1 aromatic heterocycles. The lowest BCUT2D eigenvalue weighted by molar-refractivity contribution is -0.118. The molecule has 3 N–H and O–H groups in total. The van der Waals surface area contributed by atoms with Crippen LogP contribution in [0.4, 0.5) is 20.2 Å². The maximum Gasteiger partial charge on any atom is 0.277 e. The number of nitrogens with two attached hydrogens (primary N) is 1. The van der Waals surface area contributed by atoms with Crippen LogP contribution in [-0.2, 0) is 11.8 Å². The summed E-state index contributed by atoms with van der Waals surface area (Å²) in [6, 6.07) is 7.58. The lowest BCUT2D eigenvalue weighted by Crippen LogP contribution is -2.32. The summed E-state index contributed by atoms with van der Waals surface area (Å²) in [4.78, 5) is 24.1. The van der Waals surface area contributed by atoms with Gasteiger partial charge in [0.15, 0.2) is 29.6 Å². The van der Waals surface area contributed by atoms with Crippen molar-refractivity contribution in [3.05, 3.63) is 77.7 Å². The van der Waals surface area contributed by atoms with Crippen LogP contribution in [0.1, 0.15) is 13.8 Å². The van der Waals surface area contributed by atoms with E-state index in [1.54, 1.807) is 12.1 Å². The predicted molar refractivity (Wildman–Crippen MR) is 125 cm³/mol. The van der Waals surface area contributed by atoms with Gasteiger partial charge in [0.2, 0.25) is 0 Å². The Morgan fingerprint density at radius 1 is 1.06 bits per heavy atom. The molecule has 3 aromatic rings. The van der Waals surface area contributed by atoms with E-state index in [0.29, 0.717) is 22.9 Å². The number of ether oxygens (including phenoxy) is 2. The number of carbonyl (C=O) groups excluding carboxylic acids is 1. The third-order valence-electron chi connectivity index (χ3n) is 4.35. The zero-order chi connectivity index (χ0) is 24.7. The van der Waals surface area contributed by atoms with Crippen molar-refractivity contribution in [1.82, 2.24) is 4.57 Å². The molecule has 174 valence electrons. The maximum atomic E-state index is 14.1. The van der Waals surface area contributed by atoms with E-state index < -0.39 is 23.1 Å². The highest BCUT2D eigenvalue weighted by molar-refractivity contribution is 5.97. The molecule has 0 aliphatic carbocycles. The van der Waals surface area contributed by atoms with Crippen molar-refractivity contribution in [3.8, 4) is 28.4 Å². The Morgan fingerprint density at radius 2 is 1.73 bits per heavy atom. The third-order valence-corrected chi connectivity index (χ3v) is 4.35. The second kappa shape index (κ2) is 10.9. The number of benzene rings is 2. The van der Waals surface area contributed by atoms with E-state index in [2.05, 4.69) is 18.5 Å². The number of hydrogen-bond donors (Lipinski definition) is 2. The number of pyridine rings is 1. The fourth-order valence-corrected chi connectivity index (χ4v) is 3.01. The monoisotopic (exact) mass is 457 g/mol. The van der Waals surface area contributed by atoms with Crippen molar-refractivity contribution in [3.63, 3.8) is 0 Å². The molecule has 1 aliphatic rings. The summed E-state index contributed by atoms with van der Waals surface area (Å²) in [7, 11) is 1.51. The van der Waals surface area contributed by atoms with Gasteiger partial charge in [-0.1, -0.05) is 13.8 Å². The van der Waals surface area contributed by atoms with Crippen molar-refractivity contribution in [2.75, 3.05) is 17.7 Å². The van der Waals surface area contributed by atoms with Crippen LogP contribution in [0.2, 0.25) is 0 Å². The summed E-state index contributed by atoms with van der Waals surface area (Å²) in [6.07, 6.45) is 1.50. The molecule has 0 fully saturated rings. The van der Waals surface area contributed by atoms with Crippen LogP contribution in [0.15, 0.2) is 60.5 Å². The van der Waals surface area contributed by atoms with Crippen LogP contribution in [0.25, 0.3) is 11.1 Å². The van der Waals surface area contributed by atoms with Gasteiger partial charge in [0.05, 0.1) is 0 Å². The first-order valence-corrected chi connectivity index (χ1v) is 10.0. The van der Waals surface area contributed by atoms with E-state index in [1.807, 2.05) is 13.8 Å². The summed E-state index contributed by atoms with van der Waals surface area (Å²) in [5.74, 6) is -1.90. The Hall–Kier alpha value is -4.14. The molecule has 0 saturated heterocycles. The minimum Gasteiger partial charge on any atom is -0.481 e. The first-order chi connectivity index (χ1) is 15.8. The third kappa shape index (κ3) is 5.38. The van der Waals surface area contributed by atoms with E-state index in [0.717, 1.165) is 12.1 Å². The summed E-state index contributed by atoms with van der Waals surface area (Å²) in [5.41, 5.74) is 6.65. The largest absolute Gasteiger partial charge is 0.481 e. The number of nitrogens with one attached hydrogen (secondary N) is 1. The van der Waals surface area contributed by atoms with Gasteiger partial charge in [0, 0.05) is 36.1 Å². The number of amides is 1. The fourth-order valence-electron chi connectivity index (χ4n) is 3.01. The number of anilines is 2. The Morgan fingerprint density at radius 3 is 2.39 bits per heavy atom. The maximum absolute atomic E-state index is 14.1. The normalized spacial score (nSPS) is 11.5. The molecule has 2 heterocycles. The van der Waals surface area contributed by atoms with E-state index >= 15 is 0 Å². The zero-order valence-electron chi connectivity index (χ0n) is 18.6. The van der Waals surface area contributed by atoms with Gasteiger partial charge < -0.3 is 25.1 Å². The number of fused-ring (bicyclic) bond motifs is 1. The molecule has 7 nitrogen and oxygen atoms in total. The number of carbonyl (C=O) groups is 1. The van der Waals surface area contributed by atoms with Gasteiger partial charge in [-0.25, -0.2) is 8.78 Å². The standard InChI is InChI=1S/C20H15F2N3O4.C2H6.C2H4/c1-25-8-13(19-18(20(25)27)24-17(26)9-28-19)12-7-11(23)3-5-15(12)29-16-4-2-10(21)6-14(16)22;2*1-2/h2-8H,9,23H2,1H3,(H,24,26);1-2H3;1-2H2. The average Bonchev–Trinajstić information content (AvgIpc) is 2.82. The molecular formula is C24H25F2N3O4. The number of halogens is 2. The summed E-state index contributed by atoms with van der Waals surface area (Å²) < 4.78 is 39.7. The molecule has 2 aromatic carbocycles. The van der Waals surface area contributed by atoms with E-state index in [4.69, 9.17) is 15.2 Å². The Bertz CT molecular complexity index is 1230. The molecule has 0 saturated carbocycles. The summed E-state index contributed by atoms with van der Waals surface area (Å²) >= 11 is 0. The van der Waals surface area contributed by atoms with Crippen LogP contribution in [0, 0.1) is 11.6 Å². The smallest absolute Gasteiger partial charge is 0.277 e. The van der Waals surface area contributed by atoms with Crippen LogP contribution in [-0.4, -0.2) is 17.1 Å². The Labute approximate surface area is 190 Å². The minimum atomic E-state index is -0.876. The van der Waals surface area contributed by atoms with Gasteiger partial charge in [0.1, 0.15) is 11.6 Å². The van der Waals surface area contributed by atoms with Gasteiger partial charge in [-0.3, -0.25) is 9.59 Å². The van der Waals surface area contributed by atoms with Crippen molar-refractivity contribution in [2.45, 2.75) is 13.8 Å². The highest BCUT2D eigenvalue weighted by atomic mass is 19.1. The average molecular weight is 457 g/mol. The number of aromatic nitrogens is 1. The van der Waals surface area contributed by atoms with Gasteiger partial charge in [-0.2, -0.15) is 0 Å². The van der Waals surface area contributed by atoms with Crippen molar-refractivity contribution >= 4 is 17.3 Å². The predicted octanol–water partition coefficient (Wildman–Crippen LogP) is 4.86. The number of rotatable bonds is 3. The molecule has 33 heavy (non-hydrogen) atoms. The quantitative estimate of drug-likeness (QED) is 0.432. The van der Waals surface area contributed by atoms with Gasteiger partial charge in [0.25, 0.3) is 11.5 Å². The molecule has 0 spiro atoms. The van der Waals surface area contributed by atoms with E-state index in [9.17, 15) is 18.4 Å². The van der Waals surface area contributed by atoms with Gasteiger partial charge in [-0.05, 0) is 30.3 Å². The first kappa shape index (κ1) is 25.1. The first-order valence-electron chi connectivity index (χ1n) is 10.0. The molecule has 1 amide bonds. The summed E-state index contributed by atoms with van der Waals surface area (Å²) in [6.45, 7) is 9.73. The minimum absolute atomic E-state index is 0.0115. The van der Waals surface area contributed by atoms with Crippen LogP contribution >= 0.6 is 0 Å². The molecule has 0 radical (unpaired) electrons. The van der Waals surface area contributed by atoms with E-state index in [-0.39, 0.29) is 29.5 Å². The second-order valence-electron chi connectivity index (χ2n) is 6.43. The number of nitrogens with zero attached hydrogens (tertiary/aromatic N) is 1. The van der Waals surface area contributed by atoms with Crippen molar-refractivity contribution < 1.29 is 23.0 Å². The Balaban J connectivity index is 0.000000914. The van der Waals surface area contributed by atoms with E-state index in [1.165, 1.54) is 23.9 Å². The topological polar surface area (TPSA) is 95.6 Å². The molecular weight excluding hydrogens is 432 g/mol. The van der Waals surface area contributed by atoms with Gasteiger partial charge >= 0.3 is 0 Å². The lowest BCUT2D eigenvalue weighted by Gasteiger charge is -2.22. The number of hydrogen-bond acceptors (Lipinski definition) is 5. The van der Waals surface area contributed by atoms with Crippen LogP contribution < -0.4 is 26.1 Å². The lowest BCUT2D eigenvalue weighted by atomic mass is 10.0. The van der Waals surface area contributed by atoms with Crippen LogP contribution in [0.3, 0.4) is 0 Å². The number of aryl methyl sites for hydroxylation is 1. The fraction of sp³-hybridized carbons (Fsp3) is 0.167. The molecule has 0 unspecified atom stereocenters. The molecule has 0 atom stereocenters. The zero-order valence-corrected chi connectivity index (χ0v) is 18.6.